The van der Waals surface area contributed by atoms with Gasteiger partial charge in [-0.2, -0.15) is 4.98 Å². The van der Waals surface area contributed by atoms with Crippen LogP contribution >= 0.6 is 0 Å². The van der Waals surface area contributed by atoms with Gasteiger partial charge >= 0.3 is 0 Å². The molecule has 0 radical (unpaired) electrons. The van der Waals surface area contributed by atoms with E-state index in [1.807, 2.05) is 25.1 Å². The highest BCUT2D eigenvalue weighted by molar-refractivity contribution is 5.25. The van der Waals surface area contributed by atoms with Gasteiger partial charge in [-0.25, -0.2) is 0 Å². The Morgan fingerprint density at radius 2 is 2.00 bits per heavy atom. The zero-order valence-corrected chi connectivity index (χ0v) is 12.3. The Balaban J connectivity index is 2.10. The molecule has 0 fully saturated rings. The van der Waals surface area contributed by atoms with Crippen LogP contribution in [-0.2, 0) is 6.42 Å². The molecule has 1 N–H and O–H groups in total. The van der Waals surface area contributed by atoms with Crippen molar-refractivity contribution in [1.82, 2.24) is 15.5 Å². The number of hydrogen-bond acceptors (Lipinski definition) is 5. The Bertz CT molecular complexity index is 510. The molecule has 0 spiro atoms. The highest BCUT2D eigenvalue weighted by Crippen LogP contribution is 2.18. The third-order valence-electron chi connectivity index (χ3n) is 3.08. The highest BCUT2D eigenvalue weighted by atomic mass is 16.5. The lowest BCUT2D eigenvalue weighted by atomic mass is 10.0. The van der Waals surface area contributed by atoms with Crippen molar-refractivity contribution < 1.29 is 4.52 Å². The topological polar surface area (TPSA) is 54.2 Å². The van der Waals surface area contributed by atoms with Crippen LogP contribution in [0, 0.1) is 0 Å². The van der Waals surface area contributed by atoms with E-state index in [0.717, 1.165) is 13.0 Å². The minimum Gasteiger partial charge on any atom is -0.344 e. The van der Waals surface area contributed by atoms with E-state index in [1.54, 1.807) is 0 Å². The molecule has 1 heterocycles. The quantitative estimate of drug-likeness (QED) is 0.840. The second-order valence-electron chi connectivity index (χ2n) is 5.00. The fourth-order valence-corrected chi connectivity index (χ4v) is 2.00. The van der Waals surface area contributed by atoms with Gasteiger partial charge in [-0.05, 0) is 23.7 Å². The zero-order valence-electron chi connectivity index (χ0n) is 12.3. The van der Waals surface area contributed by atoms with Crippen molar-refractivity contribution in [3.05, 3.63) is 41.8 Å². The molecule has 0 saturated carbocycles. The molecule has 0 aliphatic carbocycles. The average molecular weight is 274 g/mol. The third kappa shape index (κ3) is 3.81. The van der Waals surface area contributed by atoms with Crippen LogP contribution in [0.25, 0.3) is 0 Å². The Morgan fingerprint density at radius 1 is 1.25 bits per heavy atom. The van der Waals surface area contributed by atoms with E-state index in [2.05, 4.69) is 46.6 Å². The summed E-state index contributed by atoms with van der Waals surface area (Å²) in [5.74, 6) is 1.27. The van der Waals surface area contributed by atoms with Crippen molar-refractivity contribution in [3.8, 4) is 0 Å². The molecule has 1 unspecified atom stereocenters. The van der Waals surface area contributed by atoms with Crippen molar-refractivity contribution in [2.75, 3.05) is 25.5 Å². The van der Waals surface area contributed by atoms with Gasteiger partial charge in [-0.1, -0.05) is 37.3 Å². The second kappa shape index (κ2) is 7.05. The smallest absolute Gasteiger partial charge is 0.265 e. The molecule has 108 valence electrons. The number of anilines is 1. The van der Waals surface area contributed by atoms with Gasteiger partial charge in [0.1, 0.15) is 0 Å². The van der Waals surface area contributed by atoms with Gasteiger partial charge in [-0.3, -0.25) is 0 Å². The van der Waals surface area contributed by atoms with Crippen LogP contribution in [0.5, 0.6) is 0 Å². The van der Waals surface area contributed by atoms with E-state index >= 15 is 0 Å². The van der Waals surface area contributed by atoms with E-state index in [4.69, 9.17) is 4.52 Å². The van der Waals surface area contributed by atoms with E-state index in [0.29, 0.717) is 18.3 Å². The molecule has 20 heavy (non-hydrogen) atoms. The van der Waals surface area contributed by atoms with Crippen LogP contribution < -0.4 is 10.2 Å². The Kier molecular flexibility index (Phi) is 5.12. The van der Waals surface area contributed by atoms with E-state index in [1.165, 1.54) is 5.56 Å². The number of rotatable bonds is 7. The summed E-state index contributed by atoms with van der Waals surface area (Å²) in [6.07, 6.45) is 1.79. The Labute approximate surface area is 120 Å². The first-order valence-corrected chi connectivity index (χ1v) is 6.99. The minimum atomic E-state index is 0.201. The predicted octanol–water partition coefficient (Wildman–Crippen LogP) is 2.42. The summed E-state index contributed by atoms with van der Waals surface area (Å²) in [4.78, 5) is 6.23. The zero-order chi connectivity index (χ0) is 14.4. The van der Waals surface area contributed by atoms with Crippen LogP contribution in [0.2, 0.25) is 0 Å². The molecular formula is C15H22N4O. The lowest BCUT2D eigenvalue weighted by molar-refractivity contribution is 0.358. The summed E-state index contributed by atoms with van der Waals surface area (Å²) < 4.78 is 5.32. The summed E-state index contributed by atoms with van der Waals surface area (Å²) in [6, 6.07) is 10.6. The molecule has 2 aromatic rings. The summed E-state index contributed by atoms with van der Waals surface area (Å²) in [7, 11) is 3.80. The summed E-state index contributed by atoms with van der Waals surface area (Å²) in [6.45, 7) is 3.13. The molecule has 1 aromatic heterocycles. The molecule has 1 atom stereocenters. The summed E-state index contributed by atoms with van der Waals surface area (Å²) in [5, 5.41) is 7.49. The maximum atomic E-state index is 5.32. The van der Waals surface area contributed by atoms with Gasteiger partial charge in [0.15, 0.2) is 0 Å². The van der Waals surface area contributed by atoms with Crippen molar-refractivity contribution in [2.45, 2.75) is 25.8 Å². The number of hydrogen-bond donors (Lipinski definition) is 1. The summed E-state index contributed by atoms with van der Waals surface area (Å²) >= 11 is 0. The Morgan fingerprint density at radius 3 is 2.60 bits per heavy atom. The third-order valence-corrected chi connectivity index (χ3v) is 3.08. The minimum absolute atomic E-state index is 0.201. The lowest BCUT2D eigenvalue weighted by Crippen LogP contribution is -2.24. The molecule has 0 amide bonds. The van der Waals surface area contributed by atoms with Gasteiger partial charge in [0.25, 0.3) is 5.95 Å². The van der Waals surface area contributed by atoms with Crippen molar-refractivity contribution in [2.24, 2.45) is 0 Å². The van der Waals surface area contributed by atoms with Crippen molar-refractivity contribution in [1.29, 1.82) is 0 Å². The standard InChI is InChI=1S/C15H22N4O/c1-4-10-16-13(12-8-6-5-7-9-12)11-14-17-15(18-20-14)19(2)3/h5-9,13,16H,4,10-11H2,1-3H3. The van der Waals surface area contributed by atoms with Gasteiger partial charge in [0.05, 0.1) is 0 Å². The number of aromatic nitrogens is 2. The van der Waals surface area contributed by atoms with Crippen LogP contribution in [0.15, 0.2) is 34.9 Å². The first-order valence-electron chi connectivity index (χ1n) is 6.99. The monoisotopic (exact) mass is 274 g/mol. The number of nitrogens with one attached hydrogen (secondary N) is 1. The summed E-state index contributed by atoms with van der Waals surface area (Å²) in [5.41, 5.74) is 1.24. The fraction of sp³-hybridized carbons (Fsp3) is 0.467. The van der Waals surface area contributed by atoms with Gasteiger partial charge < -0.3 is 14.7 Å². The number of nitrogens with zero attached hydrogens (tertiary/aromatic N) is 3. The predicted molar refractivity (Wildman–Crippen MR) is 79.8 cm³/mol. The van der Waals surface area contributed by atoms with Gasteiger partial charge in [-0.15, -0.1) is 0 Å². The normalized spacial score (nSPS) is 12.3. The van der Waals surface area contributed by atoms with E-state index < -0.39 is 0 Å². The highest BCUT2D eigenvalue weighted by Gasteiger charge is 2.16. The SMILES string of the molecule is CCCNC(Cc1nc(N(C)C)no1)c1ccccc1. The maximum absolute atomic E-state index is 5.32. The Hall–Kier alpha value is -1.88. The first-order chi connectivity index (χ1) is 9.70. The molecule has 0 bridgehead atoms. The fourth-order valence-electron chi connectivity index (χ4n) is 2.00. The largest absolute Gasteiger partial charge is 0.344 e. The number of benzene rings is 1. The average Bonchev–Trinajstić information content (AvgIpc) is 2.93. The van der Waals surface area contributed by atoms with Gasteiger partial charge in [0.2, 0.25) is 5.89 Å². The molecule has 0 aliphatic heterocycles. The van der Waals surface area contributed by atoms with Crippen LogP contribution in [-0.4, -0.2) is 30.8 Å². The molecule has 0 saturated heterocycles. The van der Waals surface area contributed by atoms with E-state index in [-0.39, 0.29) is 6.04 Å². The van der Waals surface area contributed by atoms with Crippen LogP contribution in [0.4, 0.5) is 5.95 Å². The molecule has 1 aromatic carbocycles. The molecule has 0 aliphatic rings. The second-order valence-corrected chi connectivity index (χ2v) is 5.00. The molecule has 5 heteroatoms. The molecule has 5 nitrogen and oxygen atoms in total. The van der Waals surface area contributed by atoms with E-state index in [9.17, 15) is 0 Å². The van der Waals surface area contributed by atoms with Crippen LogP contribution in [0.1, 0.15) is 30.8 Å². The van der Waals surface area contributed by atoms with Crippen molar-refractivity contribution in [3.63, 3.8) is 0 Å². The first kappa shape index (κ1) is 14.5. The van der Waals surface area contributed by atoms with Crippen LogP contribution in [0.3, 0.4) is 0 Å². The molecule has 2 rings (SSSR count). The van der Waals surface area contributed by atoms with Gasteiger partial charge in [0, 0.05) is 26.6 Å². The lowest BCUT2D eigenvalue weighted by Gasteiger charge is -2.17. The van der Waals surface area contributed by atoms with Crippen molar-refractivity contribution >= 4 is 5.95 Å². The molecular weight excluding hydrogens is 252 g/mol. The maximum Gasteiger partial charge on any atom is 0.265 e.